The number of benzene rings is 3. The molecule has 8 heteroatoms. The van der Waals surface area contributed by atoms with E-state index in [0.29, 0.717) is 25.9 Å². The fourth-order valence-electron chi connectivity index (χ4n) is 6.77. The van der Waals surface area contributed by atoms with Gasteiger partial charge in [-0.1, -0.05) is 116 Å². The van der Waals surface area contributed by atoms with Crippen LogP contribution < -0.4 is 0 Å². The second-order valence-electron chi connectivity index (χ2n) is 11.6. The van der Waals surface area contributed by atoms with E-state index in [9.17, 15) is 14.7 Å². The highest BCUT2D eigenvalue weighted by molar-refractivity contribution is 8.01. The van der Waals surface area contributed by atoms with Gasteiger partial charge in [-0.05, 0) is 41.9 Å². The summed E-state index contributed by atoms with van der Waals surface area (Å²) >= 11 is 1.88. The standard InChI is InChI=1S/C37H42N2O5S/c1-3-20-43-35(41)38-25-28(23-33(38)27-40)22-32-24-34(26-39(32)36(42)44-21-4-2)45-37(29-14-8-5-9-15-29,30-16-10-6-11-17-30)31-18-12-7-13-19-31/h3-19,28,32-34,40H,1-2,20-27H2/t28?,32-,33?,34+/m1/s1. The van der Waals surface area contributed by atoms with Crippen LogP contribution in [0.5, 0.6) is 0 Å². The largest absolute Gasteiger partial charge is 0.445 e. The Morgan fingerprint density at radius 1 is 0.756 bits per heavy atom. The summed E-state index contributed by atoms with van der Waals surface area (Å²) in [4.78, 5) is 29.6. The Hall–Kier alpha value is -4.01. The molecule has 2 heterocycles. The average Bonchev–Trinajstić information content (AvgIpc) is 3.69. The lowest BCUT2D eigenvalue weighted by Crippen LogP contribution is -2.39. The molecule has 2 amide bonds. The molecule has 45 heavy (non-hydrogen) atoms. The molecule has 1 N–H and O–H groups in total. The lowest BCUT2D eigenvalue weighted by molar-refractivity contribution is 0.0910. The van der Waals surface area contributed by atoms with Crippen LogP contribution in [-0.2, 0) is 14.2 Å². The minimum absolute atomic E-state index is 0.0895. The lowest BCUT2D eigenvalue weighted by Gasteiger charge is -2.37. The highest BCUT2D eigenvalue weighted by Crippen LogP contribution is 2.52. The topological polar surface area (TPSA) is 79.3 Å². The molecule has 2 fully saturated rings. The maximum atomic E-state index is 13.4. The maximum absolute atomic E-state index is 13.4. The van der Waals surface area contributed by atoms with Gasteiger partial charge in [-0.25, -0.2) is 9.59 Å². The molecule has 3 aromatic carbocycles. The molecule has 3 aromatic rings. The van der Waals surface area contributed by atoms with Crippen molar-refractivity contribution < 1.29 is 24.2 Å². The molecule has 5 rings (SSSR count). The first kappa shape index (κ1) is 32.4. The number of carbonyl (C=O) groups excluding carboxylic acids is 2. The van der Waals surface area contributed by atoms with E-state index in [1.807, 2.05) is 34.9 Å². The number of aliphatic hydroxyl groups is 1. The van der Waals surface area contributed by atoms with Crippen molar-refractivity contribution in [3.05, 3.63) is 133 Å². The molecule has 0 aromatic heterocycles. The number of aliphatic hydroxyl groups excluding tert-OH is 1. The number of rotatable bonds is 12. The Labute approximate surface area is 270 Å². The first-order chi connectivity index (χ1) is 22.0. The molecular formula is C37H42N2O5S. The summed E-state index contributed by atoms with van der Waals surface area (Å²) < 4.78 is 10.3. The fourth-order valence-corrected chi connectivity index (χ4v) is 8.64. The van der Waals surface area contributed by atoms with E-state index >= 15 is 0 Å². The molecule has 4 atom stereocenters. The Balaban J connectivity index is 1.45. The summed E-state index contributed by atoms with van der Waals surface area (Å²) in [6.07, 6.45) is 4.41. The van der Waals surface area contributed by atoms with Crippen LogP contribution in [0.2, 0.25) is 0 Å². The van der Waals surface area contributed by atoms with Gasteiger partial charge in [0.15, 0.2) is 0 Å². The number of carbonyl (C=O) groups is 2. The van der Waals surface area contributed by atoms with Gasteiger partial charge in [0.25, 0.3) is 0 Å². The number of hydrogen-bond acceptors (Lipinski definition) is 6. The second kappa shape index (κ2) is 15.3. The van der Waals surface area contributed by atoms with Crippen molar-refractivity contribution in [1.82, 2.24) is 9.80 Å². The summed E-state index contributed by atoms with van der Waals surface area (Å²) in [6.45, 7) is 8.44. The zero-order valence-electron chi connectivity index (χ0n) is 25.6. The number of nitrogens with zero attached hydrogens (tertiary/aromatic N) is 2. The van der Waals surface area contributed by atoms with E-state index < -0.39 is 10.8 Å². The van der Waals surface area contributed by atoms with Gasteiger partial charge in [-0.2, -0.15) is 0 Å². The Morgan fingerprint density at radius 2 is 1.22 bits per heavy atom. The highest BCUT2D eigenvalue weighted by atomic mass is 32.2. The van der Waals surface area contributed by atoms with Gasteiger partial charge in [0.05, 0.1) is 17.4 Å². The predicted octanol–water partition coefficient (Wildman–Crippen LogP) is 6.87. The van der Waals surface area contributed by atoms with E-state index in [0.717, 1.165) is 6.42 Å². The van der Waals surface area contributed by atoms with E-state index in [-0.39, 0.29) is 49.2 Å². The zero-order chi connectivity index (χ0) is 31.6. The third-order valence-corrected chi connectivity index (χ3v) is 10.4. The van der Waals surface area contributed by atoms with Gasteiger partial charge in [0.2, 0.25) is 0 Å². The molecule has 236 valence electrons. The van der Waals surface area contributed by atoms with Gasteiger partial charge in [-0.15, -0.1) is 11.8 Å². The summed E-state index contributed by atoms with van der Waals surface area (Å²) in [7, 11) is 0. The maximum Gasteiger partial charge on any atom is 0.410 e. The summed E-state index contributed by atoms with van der Waals surface area (Å²) in [6, 6.07) is 31.3. The number of likely N-dealkylation sites (tertiary alicyclic amines) is 2. The monoisotopic (exact) mass is 626 g/mol. The highest BCUT2D eigenvalue weighted by Gasteiger charge is 2.46. The summed E-state index contributed by atoms with van der Waals surface area (Å²) in [5.74, 6) is 0.101. The van der Waals surface area contributed by atoms with Crippen LogP contribution in [0.3, 0.4) is 0 Å². The molecule has 2 aliphatic rings. The molecule has 0 saturated carbocycles. The van der Waals surface area contributed by atoms with Crippen LogP contribution in [-0.4, -0.2) is 77.3 Å². The third-order valence-electron chi connectivity index (χ3n) is 8.70. The van der Waals surface area contributed by atoms with Crippen LogP contribution in [0.4, 0.5) is 9.59 Å². The predicted molar refractivity (Wildman–Crippen MR) is 179 cm³/mol. The minimum Gasteiger partial charge on any atom is -0.445 e. The molecule has 2 aliphatic heterocycles. The van der Waals surface area contributed by atoms with Crippen molar-refractivity contribution in [3.63, 3.8) is 0 Å². The van der Waals surface area contributed by atoms with Gasteiger partial charge in [-0.3, -0.25) is 0 Å². The van der Waals surface area contributed by atoms with E-state index in [1.165, 1.54) is 22.8 Å². The van der Waals surface area contributed by atoms with Crippen LogP contribution in [0.15, 0.2) is 116 Å². The smallest absolute Gasteiger partial charge is 0.410 e. The van der Waals surface area contributed by atoms with Crippen LogP contribution in [0, 0.1) is 5.92 Å². The molecule has 0 aliphatic carbocycles. The van der Waals surface area contributed by atoms with Crippen molar-refractivity contribution >= 4 is 23.9 Å². The average molecular weight is 627 g/mol. The summed E-state index contributed by atoms with van der Waals surface area (Å²) in [5.41, 5.74) is 3.52. The van der Waals surface area contributed by atoms with Gasteiger partial charge in [0, 0.05) is 24.4 Å². The molecule has 2 saturated heterocycles. The molecule has 0 radical (unpaired) electrons. The minimum atomic E-state index is -0.513. The number of hydrogen-bond donors (Lipinski definition) is 1. The first-order valence-corrected chi connectivity index (χ1v) is 16.4. The van der Waals surface area contributed by atoms with Crippen LogP contribution in [0.25, 0.3) is 0 Å². The van der Waals surface area contributed by atoms with Crippen molar-refractivity contribution in [2.45, 2.75) is 41.3 Å². The molecule has 2 unspecified atom stereocenters. The number of amides is 2. The quantitative estimate of drug-likeness (QED) is 0.175. The first-order valence-electron chi connectivity index (χ1n) is 15.5. The fraction of sp³-hybridized carbons (Fsp3) is 0.351. The normalized spacial score (nSPS) is 21.4. The third kappa shape index (κ3) is 7.29. The Kier molecular flexibility index (Phi) is 11.0. The Bertz CT molecular complexity index is 1320. The van der Waals surface area contributed by atoms with Gasteiger partial charge < -0.3 is 24.4 Å². The number of ether oxygens (including phenoxy) is 2. The van der Waals surface area contributed by atoms with Crippen molar-refractivity contribution in [2.75, 3.05) is 32.9 Å². The molecule has 0 spiro atoms. The van der Waals surface area contributed by atoms with Gasteiger partial charge in [0.1, 0.15) is 13.2 Å². The summed E-state index contributed by atoms with van der Waals surface area (Å²) in [5, 5.41) is 10.1. The van der Waals surface area contributed by atoms with E-state index in [1.54, 1.807) is 11.0 Å². The SMILES string of the molecule is C=CCOC(=O)N1CC(C[C@@H]2C[C@H](SC(c3ccccc3)(c3ccccc3)c3ccccc3)CN2C(=O)OCC=C)CC1CO. The van der Waals surface area contributed by atoms with Gasteiger partial charge >= 0.3 is 12.2 Å². The van der Waals surface area contributed by atoms with Crippen molar-refractivity contribution in [1.29, 1.82) is 0 Å². The molecule has 7 nitrogen and oxygen atoms in total. The van der Waals surface area contributed by atoms with E-state index in [4.69, 9.17) is 9.47 Å². The van der Waals surface area contributed by atoms with E-state index in [2.05, 4.69) is 86.0 Å². The van der Waals surface area contributed by atoms with Crippen LogP contribution in [0.1, 0.15) is 36.0 Å². The van der Waals surface area contributed by atoms with Crippen LogP contribution >= 0.6 is 11.8 Å². The number of thioether (sulfide) groups is 1. The Morgan fingerprint density at radius 3 is 1.67 bits per heavy atom. The van der Waals surface area contributed by atoms with Crippen molar-refractivity contribution in [2.24, 2.45) is 5.92 Å². The lowest BCUT2D eigenvalue weighted by atomic mass is 9.84. The second-order valence-corrected chi connectivity index (χ2v) is 13.1. The molecular weight excluding hydrogens is 584 g/mol. The van der Waals surface area contributed by atoms with Crippen molar-refractivity contribution in [3.8, 4) is 0 Å². The molecule has 0 bridgehead atoms. The zero-order valence-corrected chi connectivity index (χ0v) is 26.4.